The average Bonchev–Trinajstić information content (AvgIpc) is 3.92. The molecule has 0 unspecified atom stereocenters. The van der Waals surface area contributed by atoms with E-state index >= 15 is 0 Å². The summed E-state index contributed by atoms with van der Waals surface area (Å²) in [5.41, 5.74) is 6.71. The summed E-state index contributed by atoms with van der Waals surface area (Å²) in [6, 6.07) is 7.98. The minimum atomic E-state index is -0.642. The molecule has 16 heteroatoms. The number of fused-ring (bicyclic) bond motifs is 8. The number of nitrogens with one attached hydrogen (secondary N) is 1. The van der Waals surface area contributed by atoms with Gasteiger partial charge in [-0.15, -0.1) is 0 Å². The highest BCUT2D eigenvalue weighted by Gasteiger charge is 2.41. The molecule has 0 radical (unpaired) electrons. The highest BCUT2D eigenvalue weighted by molar-refractivity contribution is 6.03. The summed E-state index contributed by atoms with van der Waals surface area (Å²) in [4.78, 5) is 68.0. The Kier molecular flexibility index (Phi) is 9.85. The Balaban J connectivity index is 0.000000134. The zero-order chi connectivity index (χ0) is 38.4. The lowest BCUT2D eigenvalue weighted by Gasteiger charge is -2.19. The maximum atomic E-state index is 13.5. The molecular formula is C38H40F2N6O8. The fraction of sp³-hybridized carbons (Fsp3) is 0.421. The quantitative estimate of drug-likeness (QED) is 0.241. The molecule has 5 heterocycles. The zero-order valence-electron chi connectivity index (χ0n) is 30.0. The molecule has 3 fully saturated rings. The number of nitrogen functional groups attached to an aromatic ring is 1. The number of anilines is 1. The number of halogens is 2. The molecule has 14 nitrogen and oxygen atoms in total. The number of hydrogen-bond donors (Lipinski definition) is 2. The van der Waals surface area contributed by atoms with Gasteiger partial charge in [-0.3, -0.25) is 23.7 Å². The van der Waals surface area contributed by atoms with E-state index in [0.29, 0.717) is 27.7 Å². The van der Waals surface area contributed by atoms with Crippen LogP contribution in [0.15, 0.2) is 50.0 Å². The summed E-state index contributed by atoms with van der Waals surface area (Å²) < 4.78 is 43.6. The molecule has 3 amide bonds. The van der Waals surface area contributed by atoms with Crippen LogP contribution < -0.4 is 16.6 Å². The van der Waals surface area contributed by atoms with Crippen LogP contribution in [0, 0.1) is 23.5 Å². The standard InChI is InChI=1S/C18H16FN3O3.C11H10FNO3.C9H14N2O2/c1-21-8-14-20-15-11-6-5-9(19)7-13(11)25-16(15)18(24)22(14)12-4-2-3-10(12)17(21)23;1-2-15-11(14)10-9(13)7-4-3-6(12)5-8(7)16-10;1-11-5-8(12)10-7-4-2-3-6(7)9(11)13/h5-7,10,12H,2-4,8H2,1H3;3-5H,2,13H2,1H3;6-7H,2-5H2,1H3,(H,10,12)/t10-,12-;;6-,7-/m1.1/s1. The van der Waals surface area contributed by atoms with Crippen molar-refractivity contribution in [3.05, 3.63) is 70.0 Å². The van der Waals surface area contributed by atoms with Gasteiger partial charge >= 0.3 is 5.97 Å². The van der Waals surface area contributed by atoms with E-state index in [1.165, 1.54) is 35.2 Å². The summed E-state index contributed by atoms with van der Waals surface area (Å²) in [6.45, 7) is 2.40. The monoisotopic (exact) mass is 746 g/mol. The van der Waals surface area contributed by atoms with E-state index in [2.05, 4.69) is 10.3 Å². The van der Waals surface area contributed by atoms with E-state index in [-0.39, 0.29) is 89.5 Å². The Bertz CT molecular complexity index is 2370. The molecule has 2 saturated carbocycles. The van der Waals surface area contributed by atoms with Gasteiger partial charge in [0.2, 0.25) is 29.1 Å². The molecule has 0 spiro atoms. The van der Waals surface area contributed by atoms with Gasteiger partial charge in [-0.05, 0) is 56.9 Å². The van der Waals surface area contributed by atoms with Crippen LogP contribution in [0.2, 0.25) is 0 Å². The highest BCUT2D eigenvalue weighted by atomic mass is 19.1. The summed E-state index contributed by atoms with van der Waals surface area (Å²) in [7, 11) is 3.44. The first-order chi connectivity index (χ1) is 25.9. The smallest absolute Gasteiger partial charge is 0.376 e. The molecule has 0 bridgehead atoms. The fourth-order valence-electron chi connectivity index (χ4n) is 7.98. The average molecular weight is 747 g/mol. The Hall–Kier alpha value is -5.80. The number of rotatable bonds is 2. The van der Waals surface area contributed by atoms with Gasteiger partial charge in [-0.2, -0.15) is 0 Å². The number of carbonyl (C=O) groups excluding carboxylic acids is 4. The van der Waals surface area contributed by atoms with E-state index in [1.807, 2.05) is 0 Å². The molecule has 5 aromatic rings. The third-order valence-corrected chi connectivity index (χ3v) is 10.5. The van der Waals surface area contributed by atoms with E-state index in [9.17, 15) is 32.8 Å². The third-order valence-electron chi connectivity index (χ3n) is 10.5. The van der Waals surface area contributed by atoms with Crippen LogP contribution in [-0.4, -0.2) is 76.3 Å². The maximum absolute atomic E-state index is 13.5. The zero-order valence-corrected chi connectivity index (χ0v) is 30.0. The van der Waals surface area contributed by atoms with Crippen LogP contribution in [-0.2, 0) is 25.7 Å². The normalized spacial score (nSPS) is 22.1. The number of benzene rings is 2. The number of carbonyl (C=O) groups is 4. The van der Waals surface area contributed by atoms with Crippen LogP contribution in [0.5, 0.6) is 0 Å². The van der Waals surface area contributed by atoms with Gasteiger partial charge < -0.3 is 34.4 Å². The second-order valence-corrected chi connectivity index (χ2v) is 14.0. The minimum Gasteiger partial charge on any atom is -0.460 e. The van der Waals surface area contributed by atoms with Crippen LogP contribution >= 0.6 is 0 Å². The van der Waals surface area contributed by atoms with Crippen molar-refractivity contribution < 1.29 is 41.5 Å². The van der Waals surface area contributed by atoms with Crippen molar-refractivity contribution in [3.63, 3.8) is 0 Å². The fourth-order valence-corrected chi connectivity index (χ4v) is 7.98. The minimum absolute atomic E-state index is 0.0229. The van der Waals surface area contributed by atoms with E-state index < -0.39 is 17.6 Å². The number of furan rings is 2. The van der Waals surface area contributed by atoms with Crippen LogP contribution in [0.4, 0.5) is 14.5 Å². The first-order valence-electron chi connectivity index (χ1n) is 17.9. The number of likely N-dealkylation sites (N-methyl/N-ethyl adjacent to an activating group) is 1. The van der Waals surface area contributed by atoms with Crippen molar-refractivity contribution >= 4 is 62.4 Å². The molecule has 9 rings (SSSR count). The molecule has 4 atom stereocenters. The molecule has 2 aliphatic heterocycles. The topological polar surface area (TPSA) is 183 Å². The number of aromatic nitrogens is 2. The molecule has 3 N–H and O–H groups in total. The third kappa shape index (κ3) is 6.64. The molecule has 3 aromatic heterocycles. The lowest BCUT2D eigenvalue weighted by atomic mass is 10.0. The number of esters is 1. The van der Waals surface area contributed by atoms with Gasteiger partial charge in [0.15, 0.2) is 0 Å². The number of amides is 3. The van der Waals surface area contributed by atoms with Crippen molar-refractivity contribution in [2.75, 3.05) is 33.0 Å². The molecule has 54 heavy (non-hydrogen) atoms. The predicted molar refractivity (Wildman–Crippen MR) is 192 cm³/mol. The van der Waals surface area contributed by atoms with Gasteiger partial charge in [0.1, 0.15) is 34.1 Å². The summed E-state index contributed by atoms with van der Waals surface area (Å²) >= 11 is 0. The summed E-state index contributed by atoms with van der Waals surface area (Å²) in [6.07, 6.45) is 5.39. The lowest BCUT2D eigenvalue weighted by molar-refractivity contribution is -0.135. The van der Waals surface area contributed by atoms with E-state index in [4.69, 9.17) is 19.3 Å². The molecule has 1 saturated heterocycles. The summed E-state index contributed by atoms with van der Waals surface area (Å²) in [5.74, 6) is -1.01. The Morgan fingerprint density at radius 1 is 0.889 bits per heavy atom. The van der Waals surface area contributed by atoms with Gasteiger partial charge in [-0.25, -0.2) is 18.6 Å². The van der Waals surface area contributed by atoms with Gasteiger partial charge in [0.25, 0.3) is 5.56 Å². The second-order valence-electron chi connectivity index (χ2n) is 14.0. The van der Waals surface area contributed by atoms with Crippen molar-refractivity contribution in [2.45, 2.75) is 64.1 Å². The van der Waals surface area contributed by atoms with Crippen LogP contribution in [0.3, 0.4) is 0 Å². The number of hydrogen-bond acceptors (Lipinski definition) is 10. The van der Waals surface area contributed by atoms with Gasteiger partial charge in [0.05, 0.1) is 43.3 Å². The second kappa shape index (κ2) is 14.6. The Labute approximate surface area is 307 Å². The molecule has 4 aliphatic rings. The highest BCUT2D eigenvalue weighted by Crippen LogP contribution is 2.39. The van der Waals surface area contributed by atoms with E-state index in [1.54, 1.807) is 36.6 Å². The summed E-state index contributed by atoms with van der Waals surface area (Å²) in [5, 5.41) is 4.01. The molecule has 284 valence electrons. The van der Waals surface area contributed by atoms with Crippen molar-refractivity contribution in [1.82, 2.24) is 24.7 Å². The number of nitrogens with two attached hydrogens (primary N) is 1. The number of nitrogens with zero attached hydrogens (tertiary/aromatic N) is 4. The van der Waals surface area contributed by atoms with Gasteiger partial charge in [0, 0.05) is 43.0 Å². The van der Waals surface area contributed by atoms with Gasteiger partial charge in [-0.1, -0.05) is 12.8 Å². The van der Waals surface area contributed by atoms with Crippen LogP contribution in [0.1, 0.15) is 67.9 Å². The SMILES string of the molecule is CCOC(=O)c1oc2cc(F)ccc2c1N.CN1CC(=O)N[C@@H]2CCC[C@H]2C1=O.CN1Cc2nc3c(oc4cc(F)ccc43)c(=O)n2[C@@H]2CCC[C@H]2C1=O. The predicted octanol–water partition coefficient (Wildman–Crippen LogP) is 4.67. The van der Waals surface area contributed by atoms with Crippen molar-refractivity contribution in [3.8, 4) is 0 Å². The number of ether oxygens (including phenoxy) is 1. The maximum Gasteiger partial charge on any atom is 0.376 e. The Morgan fingerprint density at radius 3 is 2.24 bits per heavy atom. The lowest BCUT2D eigenvalue weighted by Crippen LogP contribution is -2.37. The Morgan fingerprint density at radius 2 is 1.52 bits per heavy atom. The first kappa shape index (κ1) is 36.6. The first-order valence-corrected chi connectivity index (χ1v) is 17.9. The molecule has 2 aliphatic carbocycles. The van der Waals surface area contributed by atoms with Crippen LogP contribution in [0.25, 0.3) is 33.0 Å². The molecule has 2 aromatic carbocycles. The molecular weight excluding hydrogens is 706 g/mol. The largest absolute Gasteiger partial charge is 0.460 e. The van der Waals surface area contributed by atoms with Crippen molar-refractivity contribution in [1.29, 1.82) is 0 Å². The van der Waals surface area contributed by atoms with E-state index in [0.717, 1.165) is 38.5 Å². The van der Waals surface area contributed by atoms with Crippen molar-refractivity contribution in [2.24, 2.45) is 11.8 Å².